The molecule has 1 amide bonds. The molecule has 2 aromatic heterocycles. The summed E-state index contributed by atoms with van der Waals surface area (Å²) in [5, 5.41) is 3.77. The van der Waals surface area contributed by atoms with E-state index in [0.29, 0.717) is 48.9 Å². The van der Waals surface area contributed by atoms with Gasteiger partial charge in [0.05, 0.1) is 18.5 Å². The van der Waals surface area contributed by atoms with Gasteiger partial charge in [0.1, 0.15) is 11.2 Å². The Kier molecular flexibility index (Phi) is 5.98. The monoisotopic (exact) mass is 438 g/mol. The smallest absolute Gasteiger partial charge is 0.318 e. The maximum Gasteiger partial charge on any atom is 0.318 e. The minimum atomic E-state index is -1.000. The first-order valence-electron chi connectivity index (χ1n) is 10.4. The number of likely N-dealkylation sites (tertiary alicyclic amines) is 1. The van der Waals surface area contributed by atoms with Gasteiger partial charge in [0.25, 0.3) is 11.8 Å². The van der Waals surface area contributed by atoms with Gasteiger partial charge >= 0.3 is 5.97 Å². The van der Waals surface area contributed by atoms with Crippen LogP contribution in [0.25, 0.3) is 11.5 Å². The van der Waals surface area contributed by atoms with E-state index >= 15 is 0 Å². The van der Waals surface area contributed by atoms with E-state index in [0.717, 1.165) is 11.8 Å². The molecule has 8 nitrogen and oxygen atoms in total. The minimum Gasteiger partial charge on any atom is -0.465 e. The normalized spacial score (nSPS) is 15.4. The van der Waals surface area contributed by atoms with E-state index in [4.69, 9.17) is 9.26 Å². The Hall–Kier alpha value is -3.62. The van der Waals surface area contributed by atoms with E-state index in [1.165, 1.54) is 12.1 Å². The van der Waals surface area contributed by atoms with Gasteiger partial charge in [0.2, 0.25) is 0 Å². The van der Waals surface area contributed by atoms with Crippen molar-refractivity contribution < 1.29 is 23.2 Å². The fourth-order valence-corrected chi connectivity index (χ4v) is 3.94. The molecular weight excluding hydrogens is 415 g/mol. The quantitative estimate of drug-likeness (QED) is 0.564. The molecule has 0 N–H and O–H groups in total. The average Bonchev–Trinajstić information content (AvgIpc) is 3.25. The van der Waals surface area contributed by atoms with Crippen LogP contribution in [0.3, 0.4) is 0 Å². The number of amides is 1. The highest BCUT2D eigenvalue weighted by Gasteiger charge is 2.46. The second-order valence-corrected chi connectivity index (χ2v) is 7.68. The first kappa shape index (κ1) is 21.6. The molecule has 166 valence electrons. The number of aryl methyl sites for hydroxylation is 1. The Morgan fingerprint density at radius 3 is 2.44 bits per heavy atom. The number of nitrogens with zero attached hydrogens (tertiary/aromatic N) is 4. The predicted molar refractivity (Wildman–Crippen MR) is 112 cm³/mol. The van der Waals surface area contributed by atoms with Gasteiger partial charge in [-0.2, -0.15) is 4.98 Å². The molecule has 3 heterocycles. The summed E-state index contributed by atoms with van der Waals surface area (Å²) in [7, 11) is 0. The van der Waals surface area contributed by atoms with Gasteiger partial charge in [-0.05, 0) is 63.1 Å². The molecule has 0 unspecified atom stereocenters. The molecule has 3 aromatic rings. The minimum absolute atomic E-state index is 0.136. The zero-order chi connectivity index (χ0) is 22.7. The molecular formula is C23H23FN4O4. The molecule has 1 saturated heterocycles. The van der Waals surface area contributed by atoms with Crippen molar-refractivity contribution in [1.29, 1.82) is 0 Å². The van der Waals surface area contributed by atoms with Crippen molar-refractivity contribution in [2.45, 2.75) is 32.1 Å². The summed E-state index contributed by atoms with van der Waals surface area (Å²) in [6, 6.07) is 9.75. The van der Waals surface area contributed by atoms with Crippen LogP contribution in [-0.4, -0.2) is 51.6 Å². The number of halogens is 1. The predicted octanol–water partition coefficient (Wildman–Crippen LogP) is 3.32. The summed E-state index contributed by atoms with van der Waals surface area (Å²) in [6.45, 7) is 4.40. The number of aromatic nitrogens is 3. The second kappa shape index (κ2) is 8.86. The SMILES string of the molecule is CCOC(=O)C1(c2ccc(F)cn2)CCN(C(=O)c2ccc(-c3nc(C)no3)cc2)CC1. The van der Waals surface area contributed by atoms with Crippen molar-refractivity contribution in [3.8, 4) is 11.5 Å². The first-order chi connectivity index (χ1) is 15.4. The number of piperidine rings is 1. The molecule has 0 radical (unpaired) electrons. The van der Waals surface area contributed by atoms with Crippen molar-refractivity contribution in [3.05, 3.63) is 65.5 Å². The largest absolute Gasteiger partial charge is 0.465 e. The van der Waals surface area contributed by atoms with Crippen LogP contribution in [0.5, 0.6) is 0 Å². The van der Waals surface area contributed by atoms with Crippen LogP contribution in [0.4, 0.5) is 4.39 Å². The summed E-state index contributed by atoms with van der Waals surface area (Å²) in [5.74, 6) is -0.0765. The molecule has 0 saturated carbocycles. The van der Waals surface area contributed by atoms with Crippen molar-refractivity contribution in [2.24, 2.45) is 0 Å². The standard InChI is InChI=1S/C23H23FN4O4/c1-3-31-22(30)23(19-9-8-18(24)14-25-19)10-12-28(13-11-23)21(29)17-6-4-16(5-7-17)20-26-15(2)27-32-20/h4-9,14H,3,10-13H2,1-2H3. The van der Waals surface area contributed by atoms with Gasteiger partial charge in [0, 0.05) is 24.2 Å². The Morgan fingerprint density at radius 2 is 1.88 bits per heavy atom. The molecule has 0 aliphatic carbocycles. The van der Waals surface area contributed by atoms with Gasteiger partial charge < -0.3 is 14.2 Å². The third-order valence-corrected chi connectivity index (χ3v) is 5.69. The zero-order valence-electron chi connectivity index (χ0n) is 17.9. The maximum atomic E-state index is 13.4. The summed E-state index contributed by atoms with van der Waals surface area (Å²) < 4.78 is 23.8. The summed E-state index contributed by atoms with van der Waals surface area (Å²) in [6.07, 6.45) is 1.78. The fourth-order valence-electron chi connectivity index (χ4n) is 3.94. The lowest BCUT2D eigenvalue weighted by molar-refractivity contribution is -0.152. The van der Waals surface area contributed by atoms with Gasteiger partial charge in [-0.1, -0.05) is 5.16 Å². The lowest BCUT2D eigenvalue weighted by Gasteiger charge is -2.39. The zero-order valence-corrected chi connectivity index (χ0v) is 17.9. The number of benzene rings is 1. The lowest BCUT2D eigenvalue weighted by Crippen LogP contribution is -2.50. The molecule has 32 heavy (non-hydrogen) atoms. The van der Waals surface area contributed by atoms with Crippen LogP contribution in [0, 0.1) is 12.7 Å². The molecule has 1 fully saturated rings. The fraction of sp³-hybridized carbons (Fsp3) is 0.348. The van der Waals surface area contributed by atoms with E-state index in [1.54, 1.807) is 43.0 Å². The van der Waals surface area contributed by atoms with E-state index in [1.807, 2.05) is 0 Å². The molecule has 9 heteroatoms. The van der Waals surface area contributed by atoms with Gasteiger partial charge in [-0.3, -0.25) is 14.6 Å². The van der Waals surface area contributed by atoms with E-state index < -0.39 is 17.2 Å². The number of pyridine rings is 1. The van der Waals surface area contributed by atoms with E-state index in [-0.39, 0.29) is 12.5 Å². The van der Waals surface area contributed by atoms with Crippen LogP contribution >= 0.6 is 0 Å². The van der Waals surface area contributed by atoms with E-state index in [9.17, 15) is 14.0 Å². The highest BCUT2D eigenvalue weighted by molar-refractivity contribution is 5.95. The number of ether oxygens (including phenoxy) is 1. The summed E-state index contributed by atoms with van der Waals surface area (Å²) in [5.41, 5.74) is 0.710. The number of hydrogen-bond acceptors (Lipinski definition) is 7. The van der Waals surface area contributed by atoms with Crippen LogP contribution in [0.2, 0.25) is 0 Å². The number of carbonyl (C=O) groups is 2. The maximum absolute atomic E-state index is 13.4. The van der Waals surface area contributed by atoms with E-state index in [2.05, 4.69) is 15.1 Å². The lowest BCUT2D eigenvalue weighted by atomic mass is 9.75. The van der Waals surface area contributed by atoms with Crippen LogP contribution in [-0.2, 0) is 14.9 Å². The topological polar surface area (TPSA) is 98.4 Å². The number of hydrogen-bond donors (Lipinski definition) is 0. The van der Waals surface area contributed by atoms with Gasteiger partial charge in [-0.25, -0.2) is 4.39 Å². The Labute approximate surface area is 184 Å². The van der Waals surface area contributed by atoms with Gasteiger partial charge in [0.15, 0.2) is 5.82 Å². The molecule has 4 rings (SSSR count). The summed E-state index contributed by atoms with van der Waals surface area (Å²) in [4.78, 5) is 35.9. The van der Waals surface area contributed by atoms with Crippen molar-refractivity contribution in [3.63, 3.8) is 0 Å². The van der Waals surface area contributed by atoms with Crippen LogP contribution in [0.15, 0.2) is 47.1 Å². The first-order valence-corrected chi connectivity index (χ1v) is 10.4. The Bertz CT molecular complexity index is 1100. The molecule has 1 aromatic carbocycles. The van der Waals surface area contributed by atoms with Crippen LogP contribution < -0.4 is 0 Å². The number of carbonyl (C=O) groups excluding carboxylic acids is 2. The third-order valence-electron chi connectivity index (χ3n) is 5.69. The third kappa shape index (κ3) is 4.10. The average molecular weight is 438 g/mol. The number of rotatable bonds is 5. The molecule has 0 atom stereocenters. The van der Waals surface area contributed by atoms with Crippen LogP contribution in [0.1, 0.15) is 41.6 Å². The Morgan fingerprint density at radius 1 is 1.16 bits per heavy atom. The molecule has 1 aliphatic rings. The van der Waals surface area contributed by atoms with Gasteiger partial charge in [-0.15, -0.1) is 0 Å². The number of esters is 1. The van der Waals surface area contributed by atoms with Crippen molar-refractivity contribution >= 4 is 11.9 Å². The second-order valence-electron chi connectivity index (χ2n) is 7.68. The molecule has 0 bridgehead atoms. The summed E-state index contributed by atoms with van der Waals surface area (Å²) >= 11 is 0. The molecule has 1 aliphatic heterocycles. The highest BCUT2D eigenvalue weighted by Crippen LogP contribution is 2.36. The van der Waals surface area contributed by atoms with Crippen molar-refractivity contribution in [2.75, 3.05) is 19.7 Å². The Balaban J connectivity index is 1.50. The highest BCUT2D eigenvalue weighted by atomic mass is 19.1. The van der Waals surface area contributed by atoms with Crippen molar-refractivity contribution in [1.82, 2.24) is 20.0 Å². The molecule has 0 spiro atoms.